The molecule has 1 aromatic carbocycles. The number of hydrogen-bond acceptors (Lipinski definition) is 5. The van der Waals surface area contributed by atoms with Gasteiger partial charge in [-0.25, -0.2) is 4.79 Å². The summed E-state index contributed by atoms with van der Waals surface area (Å²) in [6, 6.07) is 6.04. The summed E-state index contributed by atoms with van der Waals surface area (Å²) >= 11 is 0. The van der Waals surface area contributed by atoms with Crippen LogP contribution in [-0.4, -0.2) is 36.9 Å². The number of rotatable bonds is 3. The third-order valence-electron chi connectivity index (χ3n) is 5.17. The van der Waals surface area contributed by atoms with E-state index in [1.54, 1.807) is 18.8 Å². The van der Waals surface area contributed by atoms with Gasteiger partial charge < -0.3 is 14.4 Å². The molecule has 0 spiro atoms. The molecule has 6 nitrogen and oxygen atoms in total. The van der Waals surface area contributed by atoms with Crippen molar-refractivity contribution in [2.45, 2.75) is 32.2 Å². The summed E-state index contributed by atoms with van der Waals surface area (Å²) < 4.78 is 12.6. The van der Waals surface area contributed by atoms with E-state index in [0.717, 1.165) is 55.2 Å². The number of anilines is 1. The van der Waals surface area contributed by atoms with Crippen LogP contribution in [-0.2, 0) is 13.0 Å². The van der Waals surface area contributed by atoms with Crippen LogP contribution in [0.5, 0.6) is 11.5 Å². The first kappa shape index (κ1) is 16.0. The summed E-state index contributed by atoms with van der Waals surface area (Å²) in [5, 5.41) is 0. The minimum atomic E-state index is -0.168. The van der Waals surface area contributed by atoms with Crippen LogP contribution in [0.15, 0.2) is 23.0 Å². The van der Waals surface area contributed by atoms with Gasteiger partial charge in [0.05, 0.1) is 19.9 Å². The number of ether oxygens (including phenoxy) is 2. The third kappa shape index (κ3) is 2.75. The second-order valence-electron chi connectivity index (χ2n) is 6.60. The van der Waals surface area contributed by atoms with Crippen molar-refractivity contribution >= 4 is 5.82 Å². The molecule has 1 saturated heterocycles. The van der Waals surface area contributed by atoms with E-state index < -0.39 is 0 Å². The Labute approximate surface area is 147 Å². The maximum Gasteiger partial charge on any atom is 0.350 e. The number of hydrogen-bond donors (Lipinski definition) is 0. The highest BCUT2D eigenvalue weighted by Gasteiger charge is 2.23. The number of aromatic nitrogens is 2. The number of benzene rings is 1. The van der Waals surface area contributed by atoms with Crippen molar-refractivity contribution in [1.82, 2.24) is 9.55 Å². The Morgan fingerprint density at radius 1 is 0.960 bits per heavy atom. The lowest BCUT2D eigenvalue weighted by molar-refractivity contribution is 0.354. The molecule has 0 atom stereocenters. The number of nitrogens with zero attached hydrogens (tertiary/aromatic N) is 3. The van der Waals surface area contributed by atoms with E-state index in [-0.39, 0.29) is 5.69 Å². The van der Waals surface area contributed by atoms with Gasteiger partial charge in [0.2, 0.25) is 0 Å². The Morgan fingerprint density at radius 3 is 2.40 bits per heavy atom. The van der Waals surface area contributed by atoms with Gasteiger partial charge in [-0.1, -0.05) is 0 Å². The largest absolute Gasteiger partial charge is 0.493 e. The van der Waals surface area contributed by atoms with Crippen molar-refractivity contribution < 1.29 is 9.47 Å². The molecule has 0 radical (unpaired) electrons. The highest BCUT2D eigenvalue weighted by molar-refractivity contribution is 5.72. The van der Waals surface area contributed by atoms with Crippen molar-refractivity contribution in [3.05, 3.63) is 34.2 Å². The number of aryl methyl sites for hydroxylation is 1. The standard InChI is InChI=1S/C19H23N3O3/c1-24-16-10-13-6-9-22-15(14(13)11-17(16)25-2)12-18(20-19(22)23)21-7-4-3-5-8-21/h10-12H,3-9H2,1-2H3. The van der Waals surface area contributed by atoms with Gasteiger partial charge in [-0.05, 0) is 43.4 Å². The summed E-state index contributed by atoms with van der Waals surface area (Å²) in [4.78, 5) is 19.1. The van der Waals surface area contributed by atoms with E-state index in [0.29, 0.717) is 12.3 Å². The molecule has 2 aromatic rings. The van der Waals surface area contributed by atoms with Crippen LogP contribution < -0.4 is 20.1 Å². The van der Waals surface area contributed by atoms with E-state index in [4.69, 9.17) is 9.47 Å². The van der Waals surface area contributed by atoms with E-state index in [1.165, 1.54) is 12.0 Å². The van der Waals surface area contributed by atoms with Gasteiger partial charge in [0.15, 0.2) is 11.5 Å². The lowest BCUT2D eigenvalue weighted by Gasteiger charge is -2.29. The van der Waals surface area contributed by atoms with Crippen LogP contribution in [0.25, 0.3) is 11.3 Å². The Morgan fingerprint density at radius 2 is 1.68 bits per heavy atom. The third-order valence-corrected chi connectivity index (χ3v) is 5.17. The number of fused-ring (bicyclic) bond motifs is 3. The highest BCUT2D eigenvalue weighted by Crippen LogP contribution is 2.38. The van der Waals surface area contributed by atoms with Gasteiger partial charge in [0, 0.05) is 31.3 Å². The molecule has 0 unspecified atom stereocenters. The zero-order chi connectivity index (χ0) is 17.4. The van der Waals surface area contributed by atoms with Crippen molar-refractivity contribution in [2.24, 2.45) is 0 Å². The van der Waals surface area contributed by atoms with E-state index in [2.05, 4.69) is 16.0 Å². The first-order chi connectivity index (χ1) is 12.2. The average molecular weight is 341 g/mol. The van der Waals surface area contributed by atoms with Crippen molar-refractivity contribution in [3.8, 4) is 22.8 Å². The monoisotopic (exact) mass is 341 g/mol. The Kier molecular flexibility index (Phi) is 4.11. The van der Waals surface area contributed by atoms with Crippen molar-refractivity contribution in [3.63, 3.8) is 0 Å². The maximum absolute atomic E-state index is 12.6. The molecule has 132 valence electrons. The first-order valence-electron chi connectivity index (χ1n) is 8.83. The van der Waals surface area contributed by atoms with E-state index in [1.807, 2.05) is 12.1 Å². The first-order valence-corrected chi connectivity index (χ1v) is 8.83. The molecule has 0 saturated carbocycles. The van der Waals surface area contributed by atoms with Gasteiger partial charge in [-0.3, -0.25) is 4.57 Å². The van der Waals surface area contributed by atoms with Gasteiger partial charge in [0.1, 0.15) is 5.82 Å². The van der Waals surface area contributed by atoms with Crippen LogP contribution in [0.1, 0.15) is 24.8 Å². The second-order valence-corrected chi connectivity index (χ2v) is 6.60. The molecule has 1 aromatic heterocycles. The molecule has 25 heavy (non-hydrogen) atoms. The fourth-order valence-electron chi connectivity index (χ4n) is 3.82. The minimum Gasteiger partial charge on any atom is -0.493 e. The number of piperidine rings is 1. The molecule has 4 rings (SSSR count). The summed E-state index contributed by atoms with van der Waals surface area (Å²) in [5.74, 6) is 2.19. The maximum atomic E-state index is 12.6. The quantitative estimate of drug-likeness (QED) is 0.858. The predicted octanol–water partition coefficient (Wildman–Crippen LogP) is 2.47. The van der Waals surface area contributed by atoms with Gasteiger partial charge in [0.25, 0.3) is 0 Å². The Balaban J connectivity index is 1.85. The topological polar surface area (TPSA) is 56.6 Å². The summed E-state index contributed by atoms with van der Waals surface area (Å²) in [6.07, 6.45) is 4.34. The molecule has 2 aliphatic heterocycles. The van der Waals surface area contributed by atoms with Crippen LogP contribution in [0.2, 0.25) is 0 Å². The average Bonchev–Trinajstić information content (AvgIpc) is 2.67. The van der Waals surface area contributed by atoms with Crippen LogP contribution >= 0.6 is 0 Å². The normalized spacial score (nSPS) is 16.2. The molecule has 0 bridgehead atoms. The zero-order valence-corrected chi connectivity index (χ0v) is 14.7. The lowest BCUT2D eigenvalue weighted by atomic mass is 9.96. The summed E-state index contributed by atoms with van der Waals surface area (Å²) in [5.41, 5.74) is 2.95. The molecule has 2 aliphatic rings. The Bertz CT molecular complexity index is 854. The highest BCUT2D eigenvalue weighted by atomic mass is 16.5. The number of methoxy groups -OCH3 is 2. The molecular weight excluding hydrogens is 318 g/mol. The Hall–Kier alpha value is -2.50. The molecular formula is C19H23N3O3. The molecule has 0 N–H and O–H groups in total. The van der Waals surface area contributed by atoms with E-state index in [9.17, 15) is 4.79 Å². The van der Waals surface area contributed by atoms with Crippen molar-refractivity contribution in [2.75, 3.05) is 32.2 Å². The molecule has 0 amide bonds. The minimum absolute atomic E-state index is 0.168. The van der Waals surface area contributed by atoms with Gasteiger partial charge in [-0.15, -0.1) is 0 Å². The van der Waals surface area contributed by atoms with Crippen LogP contribution in [0.4, 0.5) is 5.82 Å². The smallest absolute Gasteiger partial charge is 0.350 e. The molecule has 6 heteroatoms. The fraction of sp³-hybridized carbons (Fsp3) is 0.474. The van der Waals surface area contributed by atoms with Crippen LogP contribution in [0, 0.1) is 0 Å². The van der Waals surface area contributed by atoms with Crippen molar-refractivity contribution in [1.29, 1.82) is 0 Å². The van der Waals surface area contributed by atoms with Gasteiger partial charge in [-0.2, -0.15) is 4.98 Å². The zero-order valence-electron chi connectivity index (χ0n) is 14.7. The van der Waals surface area contributed by atoms with Gasteiger partial charge >= 0.3 is 5.69 Å². The fourth-order valence-corrected chi connectivity index (χ4v) is 3.82. The predicted molar refractivity (Wildman–Crippen MR) is 96.8 cm³/mol. The summed E-state index contributed by atoms with van der Waals surface area (Å²) in [7, 11) is 3.27. The summed E-state index contributed by atoms with van der Waals surface area (Å²) in [6.45, 7) is 2.58. The van der Waals surface area contributed by atoms with Crippen LogP contribution in [0.3, 0.4) is 0 Å². The molecule has 0 aliphatic carbocycles. The lowest BCUT2D eigenvalue weighted by Crippen LogP contribution is -2.35. The SMILES string of the molecule is COc1cc2c(cc1OC)-c1cc(N3CCCCC3)nc(=O)n1CC2. The molecule has 1 fully saturated rings. The van der Waals surface area contributed by atoms with E-state index >= 15 is 0 Å². The molecule has 3 heterocycles. The second kappa shape index (κ2) is 6.43.